The average Bonchev–Trinajstić information content (AvgIpc) is 2.25. The summed E-state index contributed by atoms with van der Waals surface area (Å²) in [7, 11) is 0. The molecule has 0 aliphatic carbocycles. The second-order valence-electron chi connectivity index (χ2n) is 5.82. The molecular formula is C16H19ClO2. The fourth-order valence-electron chi connectivity index (χ4n) is 2.05. The van der Waals surface area contributed by atoms with E-state index in [0.29, 0.717) is 22.3 Å². The SMILES string of the molecule is C=C1C=C(C)c2cc(C)c(OC(C)(C)C)c(Cl)c2O1. The lowest BCUT2D eigenvalue weighted by molar-refractivity contribution is 0.129. The molecule has 0 fully saturated rings. The van der Waals surface area contributed by atoms with Crippen molar-refractivity contribution in [3.63, 3.8) is 0 Å². The highest BCUT2D eigenvalue weighted by Gasteiger charge is 2.24. The van der Waals surface area contributed by atoms with Gasteiger partial charge in [0.05, 0.1) is 0 Å². The van der Waals surface area contributed by atoms with Crippen molar-refractivity contribution in [2.75, 3.05) is 0 Å². The first kappa shape index (κ1) is 14.0. The van der Waals surface area contributed by atoms with Crippen LogP contribution < -0.4 is 9.47 Å². The van der Waals surface area contributed by atoms with Gasteiger partial charge in [0.2, 0.25) is 0 Å². The first-order chi connectivity index (χ1) is 8.69. The van der Waals surface area contributed by atoms with Crippen LogP contribution in [-0.2, 0) is 0 Å². The van der Waals surface area contributed by atoms with Crippen molar-refractivity contribution in [1.29, 1.82) is 0 Å². The fraction of sp³-hybridized carbons (Fsp3) is 0.375. The lowest BCUT2D eigenvalue weighted by Crippen LogP contribution is -2.24. The van der Waals surface area contributed by atoms with E-state index >= 15 is 0 Å². The molecule has 0 amide bonds. The number of hydrogen-bond donors (Lipinski definition) is 0. The van der Waals surface area contributed by atoms with Crippen LogP contribution in [0.25, 0.3) is 5.57 Å². The molecule has 0 atom stereocenters. The first-order valence-electron chi connectivity index (χ1n) is 6.26. The maximum absolute atomic E-state index is 6.45. The van der Waals surface area contributed by atoms with Crippen LogP contribution in [0.4, 0.5) is 0 Å². The molecule has 1 aromatic rings. The van der Waals surface area contributed by atoms with Crippen LogP contribution in [0.1, 0.15) is 38.8 Å². The number of aryl methyl sites for hydroxylation is 1. The van der Waals surface area contributed by atoms with Gasteiger partial charge < -0.3 is 9.47 Å². The molecule has 1 aliphatic heterocycles. The minimum Gasteiger partial charge on any atom is -0.486 e. The molecule has 2 rings (SSSR count). The van der Waals surface area contributed by atoms with Crippen LogP contribution in [0.5, 0.6) is 11.5 Å². The second kappa shape index (κ2) is 4.61. The van der Waals surface area contributed by atoms with Crippen LogP contribution in [0, 0.1) is 6.92 Å². The summed E-state index contributed by atoms with van der Waals surface area (Å²) >= 11 is 6.45. The second-order valence-corrected chi connectivity index (χ2v) is 6.20. The van der Waals surface area contributed by atoms with Gasteiger partial charge >= 0.3 is 0 Å². The van der Waals surface area contributed by atoms with Crippen LogP contribution in [0.3, 0.4) is 0 Å². The van der Waals surface area contributed by atoms with Crippen molar-refractivity contribution in [1.82, 2.24) is 0 Å². The van der Waals surface area contributed by atoms with Gasteiger partial charge in [-0.25, -0.2) is 0 Å². The molecule has 0 spiro atoms. The van der Waals surface area contributed by atoms with Gasteiger partial charge in [-0.2, -0.15) is 0 Å². The lowest BCUT2D eigenvalue weighted by Gasteiger charge is -2.27. The summed E-state index contributed by atoms with van der Waals surface area (Å²) in [5, 5.41) is 0.513. The molecule has 102 valence electrons. The summed E-state index contributed by atoms with van der Waals surface area (Å²) in [6, 6.07) is 2.04. The number of halogens is 1. The highest BCUT2D eigenvalue weighted by molar-refractivity contribution is 6.34. The molecule has 0 saturated heterocycles. The zero-order valence-electron chi connectivity index (χ0n) is 12.1. The zero-order chi connectivity index (χ0) is 14.4. The number of hydrogen-bond acceptors (Lipinski definition) is 2. The lowest BCUT2D eigenvalue weighted by atomic mass is 10.00. The normalized spacial score (nSPS) is 14.6. The fourth-order valence-corrected chi connectivity index (χ4v) is 2.37. The molecule has 2 nitrogen and oxygen atoms in total. The summed E-state index contributed by atoms with van der Waals surface area (Å²) in [6.07, 6.45) is 1.91. The van der Waals surface area contributed by atoms with Crippen LogP contribution >= 0.6 is 11.6 Å². The molecule has 0 saturated carbocycles. The van der Waals surface area contributed by atoms with E-state index in [9.17, 15) is 0 Å². The van der Waals surface area contributed by atoms with E-state index in [1.54, 1.807) is 0 Å². The summed E-state index contributed by atoms with van der Waals surface area (Å²) in [5.41, 5.74) is 2.79. The van der Waals surface area contributed by atoms with E-state index in [2.05, 4.69) is 6.58 Å². The Morgan fingerprint density at radius 3 is 2.47 bits per heavy atom. The van der Waals surface area contributed by atoms with Crippen molar-refractivity contribution in [2.45, 2.75) is 40.2 Å². The van der Waals surface area contributed by atoms with Gasteiger partial charge in [0.1, 0.15) is 22.1 Å². The van der Waals surface area contributed by atoms with Crippen LogP contribution in [-0.4, -0.2) is 5.60 Å². The van der Waals surface area contributed by atoms with E-state index in [1.807, 2.05) is 46.8 Å². The molecule has 0 unspecified atom stereocenters. The number of allylic oxidation sites excluding steroid dienone is 2. The topological polar surface area (TPSA) is 18.5 Å². The van der Waals surface area contributed by atoms with Crippen molar-refractivity contribution >= 4 is 17.2 Å². The zero-order valence-corrected chi connectivity index (χ0v) is 12.8. The van der Waals surface area contributed by atoms with Gasteiger partial charge in [0, 0.05) is 5.56 Å². The van der Waals surface area contributed by atoms with E-state index in [-0.39, 0.29) is 5.60 Å². The first-order valence-corrected chi connectivity index (χ1v) is 6.64. The molecular weight excluding hydrogens is 260 g/mol. The van der Waals surface area contributed by atoms with E-state index in [0.717, 1.165) is 16.7 Å². The van der Waals surface area contributed by atoms with Crippen molar-refractivity contribution in [2.24, 2.45) is 0 Å². The largest absolute Gasteiger partial charge is 0.486 e. The molecule has 19 heavy (non-hydrogen) atoms. The molecule has 3 heteroatoms. The summed E-state index contributed by atoms with van der Waals surface area (Å²) < 4.78 is 11.6. The number of ether oxygens (including phenoxy) is 2. The van der Waals surface area contributed by atoms with Gasteiger partial charge in [0.15, 0.2) is 5.75 Å². The third kappa shape index (κ3) is 2.79. The van der Waals surface area contributed by atoms with Crippen LogP contribution in [0.15, 0.2) is 24.5 Å². The van der Waals surface area contributed by atoms with Crippen molar-refractivity contribution in [3.8, 4) is 11.5 Å². The Kier molecular flexibility index (Phi) is 3.40. The Morgan fingerprint density at radius 1 is 1.26 bits per heavy atom. The van der Waals surface area contributed by atoms with E-state index < -0.39 is 0 Å². The minimum absolute atomic E-state index is 0.306. The third-order valence-corrected chi connectivity index (χ3v) is 3.15. The molecule has 0 aromatic heterocycles. The Bertz CT molecular complexity index is 577. The van der Waals surface area contributed by atoms with E-state index in [1.165, 1.54) is 0 Å². The monoisotopic (exact) mass is 278 g/mol. The van der Waals surface area contributed by atoms with Crippen molar-refractivity contribution in [3.05, 3.63) is 40.6 Å². The molecule has 0 bridgehead atoms. The maximum atomic E-state index is 6.45. The Balaban J connectivity index is 2.59. The van der Waals surface area contributed by atoms with Gasteiger partial charge in [-0.1, -0.05) is 18.2 Å². The minimum atomic E-state index is -0.306. The average molecular weight is 279 g/mol. The molecule has 1 aromatic carbocycles. The standard InChI is InChI=1S/C16H19ClO2/c1-9-7-11(3)18-15-12(9)8-10(2)14(13(15)17)19-16(4,5)6/h7-8H,3H2,1-2,4-6H3. The van der Waals surface area contributed by atoms with Gasteiger partial charge in [-0.3, -0.25) is 0 Å². The highest BCUT2D eigenvalue weighted by Crippen LogP contribution is 2.46. The Labute approximate surface area is 119 Å². The molecule has 0 N–H and O–H groups in total. The Morgan fingerprint density at radius 2 is 1.89 bits per heavy atom. The smallest absolute Gasteiger partial charge is 0.157 e. The van der Waals surface area contributed by atoms with Crippen molar-refractivity contribution < 1.29 is 9.47 Å². The van der Waals surface area contributed by atoms with E-state index in [4.69, 9.17) is 21.1 Å². The van der Waals surface area contributed by atoms with Crippen LogP contribution in [0.2, 0.25) is 5.02 Å². The van der Waals surface area contributed by atoms with Gasteiger partial charge in [-0.15, -0.1) is 0 Å². The molecule has 0 radical (unpaired) electrons. The Hall–Kier alpha value is -1.41. The van der Waals surface area contributed by atoms with Gasteiger partial charge in [-0.05, 0) is 57.9 Å². The number of fused-ring (bicyclic) bond motifs is 1. The summed E-state index contributed by atoms with van der Waals surface area (Å²) in [6.45, 7) is 13.8. The predicted molar refractivity (Wildman–Crippen MR) is 80.0 cm³/mol. The summed E-state index contributed by atoms with van der Waals surface area (Å²) in [4.78, 5) is 0. The summed E-state index contributed by atoms with van der Waals surface area (Å²) in [5.74, 6) is 1.91. The molecule has 1 aliphatic rings. The predicted octanol–water partition coefficient (Wildman–Crippen LogP) is 5.14. The maximum Gasteiger partial charge on any atom is 0.157 e. The highest BCUT2D eigenvalue weighted by atomic mass is 35.5. The number of rotatable bonds is 1. The quantitative estimate of drug-likeness (QED) is 0.708. The number of benzene rings is 1. The third-order valence-electron chi connectivity index (χ3n) is 2.81. The molecule has 1 heterocycles. The van der Waals surface area contributed by atoms with Gasteiger partial charge in [0.25, 0.3) is 0 Å².